The maximum absolute atomic E-state index is 12.2. The fourth-order valence-electron chi connectivity index (χ4n) is 4.61. The van der Waals surface area contributed by atoms with Crippen LogP contribution in [0, 0.1) is 10.1 Å². The van der Waals surface area contributed by atoms with E-state index in [0.717, 1.165) is 11.1 Å². The number of rotatable bonds is 7. The van der Waals surface area contributed by atoms with Gasteiger partial charge in [-0.2, -0.15) is 4.98 Å². The monoisotopic (exact) mass is 507 g/mol. The van der Waals surface area contributed by atoms with Crippen molar-refractivity contribution in [1.82, 2.24) is 14.9 Å². The van der Waals surface area contributed by atoms with Crippen LogP contribution in [0.3, 0.4) is 0 Å². The first kappa shape index (κ1) is 24.1. The lowest BCUT2D eigenvalue weighted by atomic mass is 9.87. The standard InChI is InChI=1S/C25H25N5O7/c1-35-23-7-6-20(30(33)34)24(28-23)27-17-4-2-16-11-19(5-3-15(16)10-17)29(25(31)32)14-18-12-21-22(13-26-18)37-9-8-36-21/h2,4,6-7,10,12-13,19H,3,5,8-9,11,14H2,1H3,(H,27,28)(H,31,32). The average Bonchev–Trinajstić information content (AvgIpc) is 2.91. The number of nitro groups is 1. The molecule has 1 atom stereocenters. The van der Waals surface area contributed by atoms with Gasteiger partial charge in [0.2, 0.25) is 11.7 Å². The fraction of sp³-hybridized carbons (Fsp3) is 0.320. The fourth-order valence-corrected chi connectivity index (χ4v) is 4.61. The minimum atomic E-state index is -1.01. The summed E-state index contributed by atoms with van der Waals surface area (Å²) in [5, 5.41) is 24.4. The number of aromatic nitrogens is 2. The first-order valence-corrected chi connectivity index (χ1v) is 11.7. The summed E-state index contributed by atoms with van der Waals surface area (Å²) >= 11 is 0. The zero-order valence-electron chi connectivity index (χ0n) is 20.0. The summed E-state index contributed by atoms with van der Waals surface area (Å²) in [6.07, 6.45) is 2.38. The van der Waals surface area contributed by atoms with E-state index in [-0.39, 0.29) is 30.0 Å². The maximum atomic E-state index is 12.2. The Morgan fingerprint density at radius 1 is 1.22 bits per heavy atom. The van der Waals surface area contributed by atoms with Gasteiger partial charge in [-0.25, -0.2) is 4.79 Å². The molecule has 2 aromatic heterocycles. The number of anilines is 2. The molecule has 37 heavy (non-hydrogen) atoms. The number of nitrogens with zero attached hydrogens (tertiary/aromatic N) is 4. The van der Waals surface area contributed by atoms with Crippen molar-refractivity contribution >= 4 is 23.3 Å². The molecular weight excluding hydrogens is 482 g/mol. The topological polar surface area (TPSA) is 149 Å². The van der Waals surface area contributed by atoms with Crippen molar-refractivity contribution in [3.8, 4) is 17.4 Å². The molecule has 0 bridgehead atoms. The summed E-state index contributed by atoms with van der Waals surface area (Å²) in [6.45, 7) is 1.04. The third kappa shape index (κ3) is 5.17. The quantitative estimate of drug-likeness (QED) is 0.355. The van der Waals surface area contributed by atoms with Gasteiger partial charge in [0, 0.05) is 29.9 Å². The first-order valence-electron chi connectivity index (χ1n) is 11.7. The number of aryl methyl sites for hydroxylation is 1. The average molecular weight is 508 g/mol. The smallest absolute Gasteiger partial charge is 0.407 e. The van der Waals surface area contributed by atoms with Gasteiger partial charge in [0.1, 0.15) is 13.2 Å². The Labute approximate surface area is 212 Å². The highest BCUT2D eigenvalue weighted by Gasteiger charge is 2.29. The molecule has 1 aromatic carbocycles. The molecule has 1 unspecified atom stereocenters. The summed E-state index contributed by atoms with van der Waals surface area (Å²) in [4.78, 5) is 33.0. The van der Waals surface area contributed by atoms with Gasteiger partial charge in [-0.1, -0.05) is 6.07 Å². The lowest BCUT2D eigenvalue weighted by Crippen LogP contribution is -2.42. The molecule has 3 heterocycles. The van der Waals surface area contributed by atoms with Crippen LogP contribution in [0.5, 0.6) is 17.4 Å². The lowest BCUT2D eigenvalue weighted by molar-refractivity contribution is -0.384. The Hall–Kier alpha value is -4.61. The van der Waals surface area contributed by atoms with Gasteiger partial charge in [0.05, 0.1) is 30.5 Å². The predicted octanol–water partition coefficient (Wildman–Crippen LogP) is 3.95. The molecule has 12 nitrogen and oxygen atoms in total. The summed E-state index contributed by atoms with van der Waals surface area (Å²) in [6, 6.07) is 9.92. The van der Waals surface area contributed by atoms with Crippen molar-refractivity contribution in [3.05, 3.63) is 69.5 Å². The number of methoxy groups -OCH3 is 1. The number of hydrogen-bond donors (Lipinski definition) is 2. The second-order valence-corrected chi connectivity index (χ2v) is 8.71. The second kappa shape index (κ2) is 10.2. The highest BCUT2D eigenvalue weighted by molar-refractivity contribution is 5.68. The van der Waals surface area contributed by atoms with E-state index in [0.29, 0.717) is 55.4 Å². The van der Waals surface area contributed by atoms with E-state index >= 15 is 0 Å². The molecule has 12 heteroatoms. The Morgan fingerprint density at radius 2 is 2.03 bits per heavy atom. The SMILES string of the molecule is COc1ccc([N+](=O)[O-])c(Nc2ccc3c(c2)CCC(N(Cc2cc4c(cn2)OCCO4)C(=O)O)C3)n1. The molecule has 1 aliphatic heterocycles. The van der Waals surface area contributed by atoms with E-state index in [1.807, 2.05) is 12.1 Å². The van der Waals surface area contributed by atoms with Gasteiger partial charge >= 0.3 is 11.8 Å². The molecule has 3 aromatic rings. The van der Waals surface area contributed by atoms with Crippen LogP contribution in [0.1, 0.15) is 23.2 Å². The number of carbonyl (C=O) groups is 1. The summed E-state index contributed by atoms with van der Waals surface area (Å²) in [5.74, 6) is 1.47. The van der Waals surface area contributed by atoms with E-state index in [2.05, 4.69) is 15.3 Å². The van der Waals surface area contributed by atoms with E-state index in [1.54, 1.807) is 18.3 Å². The highest BCUT2D eigenvalue weighted by Crippen LogP contribution is 2.33. The molecular formula is C25H25N5O7. The molecule has 0 fully saturated rings. The van der Waals surface area contributed by atoms with Crippen molar-refractivity contribution in [1.29, 1.82) is 0 Å². The number of ether oxygens (including phenoxy) is 3. The Morgan fingerprint density at radius 3 is 2.78 bits per heavy atom. The predicted molar refractivity (Wildman–Crippen MR) is 132 cm³/mol. The summed E-state index contributed by atoms with van der Waals surface area (Å²) < 4.78 is 16.2. The van der Waals surface area contributed by atoms with E-state index < -0.39 is 11.0 Å². The van der Waals surface area contributed by atoms with Crippen LogP contribution in [-0.2, 0) is 19.4 Å². The molecule has 0 saturated heterocycles. The molecule has 0 radical (unpaired) electrons. The normalized spacial score (nSPS) is 15.9. The number of carboxylic acid groups (broad SMARTS) is 1. The molecule has 0 spiro atoms. The molecule has 2 N–H and O–H groups in total. The number of benzene rings is 1. The van der Waals surface area contributed by atoms with E-state index in [4.69, 9.17) is 14.2 Å². The van der Waals surface area contributed by atoms with Gasteiger partial charge < -0.3 is 24.6 Å². The molecule has 0 saturated carbocycles. The Bertz CT molecular complexity index is 1350. The van der Waals surface area contributed by atoms with E-state index in [9.17, 15) is 20.0 Å². The van der Waals surface area contributed by atoms with Crippen LogP contribution in [0.15, 0.2) is 42.6 Å². The molecule has 2 aliphatic rings. The summed E-state index contributed by atoms with van der Waals surface area (Å²) in [5.41, 5.74) is 3.15. The van der Waals surface area contributed by atoms with Crippen molar-refractivity contribution in [3.63, 3.8) is 0 Å². The minimum Gasteiger partial charge on any atom is -0.486 e. The second-order valence-electron chi connectivity index (χ2n) is 8.71. The minimum absolute atomic E-state index is 0.0852. The zero-order valence-corrected chi connectivity index (χ0v) is 20.0. The van der Waals surface area contributed by atoms with Crippen molar-refractivity contribution in [2.45, 2.75) is 31.8 Å². The van der Waals surface area contributed by atoms with Gasteiger partial charge in [0.15, 0.2) is 11.5 Å². The zero-order chi connectivity index (χ0) is 25.9. The maximum Gasteiger partial charge on any atom is 0.407 e. The largest absolute Gasteiger partial charge is 0.486 e. The number of amides is 1. The van der Waals surface area contributed by atoms with Crippen LogP contribution in [0.4, 0.5) is 22.0 Å². The number of hydrogen-bond acceptors (Lipinski definition) is 9. The number of fused-ring (bicyclic) bond motifs is 2. The van der Waals surface area contributed by atoms with E-state index in [1.165, 1.54) is 24.1 Å². The molecule has 1 amide bonds. The first-order chi connectivity index (χ1) is 17.9. The van der Waals surface area contributed by atoms with Crippen LogP contribution in [0.2, 0.25) is 0 Å². The van der Waals surface area contributed by atoms with Crippen molar-refractivity contribution in [2.75, 3.05) is 25.6 Å². The van der Waals surface area contributed by atoms with Gasteiger partial charge in [-0.05, 0) is 42.5 Å². The van der Waals surface area contributed by atoms with Crippen LogP contribution >= 0.6 is 0 Å². The molecule has 1 aliphatic carbocycles. The van der Waals surface area contributed by atoms with Gasteiger partial charge in [0.25, 0.3) is 0 Å². The van der Waals surface area contributed by atoms with Crippen molar-refractivity contribution < 1.29 is 29.0 Å². The number of nitrogens with one attached hydrogen (secondary N) is 1. The lowest BCUT2D eigenvalue weighted by Gasteiger charge is -2.33. The molecule has 5 rings (SSSR count). The van der Waals surface area contributed by atoms with Crippen LogP contribution < -0.4 is 19.5 Å². The van der Waals surface area contributed by atoms with Crippen molar-refractivity contribution in [2.24, 2.45) is 0 Å². The molecule has 192 valence electrons. The van der Waals surface area contributed by atoms with Gasteiger partial charge in [-0.15, -0.1) is 0 Å². The van der Waals surface area contributed by atoms with Crippen LogP contribution in [-0.4, -0.2) is 57.4 Å². The third-order valence-corrected chi connectivity index (χ3v) is 6.43. The Kier molecular flexibility index (Phi) is 6.62. The van der Waals surface area contributed by atoms with Gasteiger partial charge in [-0.3, -0.25) is 20.0 Å². The summed E-state index contributed by atoms with van der Waals surface area (Å²) in [7, 11) is 1.44. The third-order valence-electron chi connectivity index (χ3n) is 6.43. The van der Waals surface area contributed by atoms with Crippen LogP contribution in [0.25, 0.3) is 0 Å². The Balaban J connectivity index is 1.32. The number of pyridine rings is 2. The highest BCUT2D eigenvalue weighted by atomic mass is 16.6.